The smallest absolute Gasteiger partial charge is 0.251 e. The third kappa shape index (κ3) is 4.31. The number of aromatic nitrogens is 1. The van der Waals surface area contributed by atoms with Crippen molar-refractivity contribution in [1.82, 2.24) is 10.3 Å². The molecule has 19 heavy (non-hydrogen) atoms. The first-order valence-electron chi connectivity index (χ1n) is 7.23. The summed E-state index contributed by atoms with van der Waals surface area (Å²) in [6, 6.07) is 3.49. The highest BCUT2D eigenvalue weighted by Crippen LogP contribution is 2.25. The molecule has 1 aliphatic rings. The minimum Gasteiger partial charge on any atom is -0.352 e. The van der Waals surface area contributed by atoms with Gasteiger partial charge in [0.15, 0.2) is 0 Å². The van der Waals surface area contributed by atoms with Crippen molar-refractivity contribution in [2.75, 3.05) is 6.54 Å². The average Bonchev–Trinajstić information content (AvgIpc) is 2.48. The van der Waals surface area contributed by atoms with Crippen molar-refractivity contribution in [3.8, 4) is 0 Å². The maximum atomic E-state index is 12.0. The monoisotopic (exact) mass is 261 g/mol. The Hall–Kier alpha value is -1.42. The summed E-state index contributed by atoms with van der Waals surface area (Å²) in [5.74, 6) is 0.777. The Morgan fingerprint density at radius 3 is 2.89 bits per heavy atom. The van der Waals surface area contributed by atoms with Gasteiger partial charge in [0.05, 0.1) is 5.69 Å². The van der Waals surface area contributed by atoms with Crippen LogP contribution in [0.1, 0.15) is 54.6 Å². The summed E-state index contributed by atoms with van der Waals surface area (Å²) in [6.45, 7) is 1.13. The molecule has 4 heteroatoms. The van der Waals surface area contributed by atoms with E-state index in [1.807, 2.05) is 0 Å². The van der Waals surface area contributed by atoms with Gasteiger partial charge in [-0.2, -0.15) is 0 Å². The van der Waals surface area contributed by atoms with Crippen LogP contribution in [0.4, 0.5) is 0 Å². The molecule has 2 rings (SSSR count). The van der Waals surface area contributed by atoms with E-state index in [9.17, 15) is 4.79 Å². The van der Waals surface area contributed by atoms with E-state index in [0.717, 1.165) is 24.6 Å². The highest BCUT2D eigenvalue weighted by Gasteiger charge is 2.13. The van der Waals surface area contributed by atoms with Crippen molar-refractivity contribution in [3.05, 3.63) is 29.6 Å². The summed E-state index contributed by atoms with van der Waals surface area (Å²) in [6.07, 6.45) is 9.46. The number of pyridine rings is 1. The van der Waals surface area contributed by atoms with Crippen LogP contribution in [0.2, 0.25) is 0 Å². The number of carbonyl (C=O) groups is 1. The number of nitrogens with two attached hydrogens (primary N) is 1. The van der Waals surface area contributed by atoms with Crippen LogP contribution in [0.15, 0.2) is 18.3 Å². The number of nitrogens with one attached hydrogen (secondary N) is 1. The highest BCUT2D eigenvalue weighted by atomic mass is 16.1. The van der Waals surface area contributed by atoms with Crippen molar-refractivity contribution >= 4 is 5.91 Å². The topological polar surface area (TPSA) is 68.0 Å². The molecule has 1 amide bonds. The molecule has 0 unspecified atom stereocenters. The van der Waals surface area contributed by atoms with Gasteiger partial charge in [0.2, 0.25) is 0 Å². The van der Waals surface area contributed by atoms with E-state index in [1.165, 1.54) is 32.1 Å². The van der Waals surface area contributed by atoms with Crippen LogP contribution in [-0.4, -0.2) is 17.4 Å². The third-order valence-electron chi connectivity index (χ3n) is 3.85. The van der Waals surface area contributed by atoms with Crippen LogP contribution < -0.4 is 11.1 Å². The molecule has 0 saturated heterocycles. The minimum absolute atomic E-state index is 0.0205. The average molecular weight is 261 g/mol. The van der Waals surface area contributed by atoms with Crippen molar-refractivity contribution < 1.29 is 4.79 Å². The molecule has 1 saturated carbocycles. The molecule has 0 bridgehead atoms. The quantitative estimate of drug-likeness (QED) is 0.854. The van der Waals surface area contributed by atoms with Gasteiger partial charge in [0.1, 0.15) is 0 Å². The van der Waals surface area contributed by atoms with Gasteiger partial charge in [0.25, 0.3) is 5.91 Å². The lowest BCUT2D eigenvalue weighted by molar-refractivity contribution is 0.0950. The summed E-state index contributed by atoms with van der Waals surface area (Å²) in [5, 5.41) is 2.99. The molecule has 1 heterocycles. The predicted molar refractivity (Wildman–Crippen MR) is 75.7 cm³/mol. The molecule has 1 aromatic heterocycles. The zero-order chi connectivity index (χ0) is 13.5. The molecule has 1 fully saturated rings. The van der Waals surface area contributed by atoms with E-state index in [4.69, 9.17) is 5.73 Å². The lowest BCUT2D eigenvalue weighted by Gasteiger charge is -2.21. The number of nitrogens with zero attached hydrogens (tertiary/aromatic N) is 1. The predicted octanol–water partition coefficient (Wildman–Crippen LogP) is 2.24. The Morgan fingerprint density at radius 2 is 2.16 bits per heavy atom. The molecule has 1 aromatic rings. The summed E-state index contributed by atoms with van der Waals surface area (Å²) < 4.78 is 0. The molecule has 0 aromatic carbocycles. The normalized spacial score (nSPS) is 16.3. The second-order valence-electron chi connectivity index (χ2n) is 5.29. The molecule has 0 atom stereocenters. The second-order valence-corrected chi connectivity index (χ2v) is 5.29. The fourth-order valence-corrected chi connectivity index (χ4v) is 2.70. The van der Waals surface area contributed by atoms with Gasteiger partial charge in [-0.05, 0) is 24.5 Å². The Morgan fingerprint density at radius 1 is 1.37 bits per heavy atom. The SMILES string of the molecule is NCc1cc(C(=O)NCCC2CCCCC2)ccn1. The van der Waals surface area contributed by atoms with Crippen LogP contribution in [0.5, 0.6) is 0 Å². The third-order valence-corrected chi connectivity index (χ3v) is 3.85. The van der Waals surface area contributed by atoms with Gasteiger partial charge < -0.3 is 11.1 Å². The summed E-state index contributed by atoms with van der Waals surface area (Å²) >= 11 is 0. The standard InChI is InChI=1S/C15H23N3O/c16-11-14-10-13(7-9-17-14)15(19)18-8-6-12-4-2-1-3-5-12/h7,9-10,12H,1-6,8,11,16H2,(H,18,19). The van der Waals surface area contributed by atoms with E-state index in [0.29, 0.717) is 12.1 Å². The van der Waals surface area contributed by atoms with Crippen LogP contribution in [0.3, 0.4) is 0 Å². The molecule has 0 aliphatic heterocycles. The molecular formula is C15H23N3O. The molecule has 4 nitrogen and oxygen atoms in total. The Balaban J connectivity index is 1.77. The number of carbonyl (C=O) groups excluding carboxylic acids is 1. The van der Waals surface area contributed by atoms with Crippen LogP contribution >= 0.6 is 0 Å². The first kappa shape index (κ1) is 14.0. The number of hydrogen-bond acceptors (Lipinski definition) is 3. The van der Waals surface area contributed by atoms with Gasteiger partial charge in [-0.25, -0.2) is 0 Å². The lowest BCUT2D eigenvalue weighted by Crippen LogP contribution is -2.26. The van der Waals surface area contributed by atoms with Crippen LogP contribution in [0.25, 0.3) is 0 Å². The molecule has 0 spiro atoms. The number of hydrogen-bond donors (Lipinski definition) is 2. The molecule has 3 N–H and O–H groups in total. The van der Waals surface area contributed by atoms with Crippen molar-refractivity contribution in [1.29, 1.82) is 0 Å². The van der Waals surface area contributed by atoms with Crippen molar-refractivity contribution in [2.24, 2.45) is 11.7 Å². The summed E-state index contributed by atoms with van der Waals surface area (Å²) in [5.41, 5.74) is 6.92. The fourth-order valence-electron chi connectivity index (χ4n) is 2.70. The molecule has 1 aliphatic carbocycles. The van der Waals surface area contributed by atoms with Gasteiger partial charge in [-0.15, -0.1) is 0 Å². The molecule has 104 valence electrons. The number of rotatable bonds is 5. The first-order chi connectivity index (χ1) is 9.29. The maximum Gasteiger partial charge on any atom is 0.251 e. The van der Waals surface area contributed by atoms with E-state index >= 15 is 0 Å². The molecule has 0 radical (unpaired) electrons. The van der Waals surface area contributed by atoms with Crippen molar-refractivity contribution in [3.63, 3.8) is 0 Å². The van der Waals surface area contributed by atoms with Crippen LogP contribution in [0, 0.1) is 5.92 Å². The Bertz CT molecular complexity index is 414. The largest absolute Gasteiger partial charge is 0.352 e. The highest BCUT2D eigenvalue weighted by molar-refractivity contribution is 5.94. The van der Waals surface area contributed by atoms with Crippen molar-refractivity contribution in [2.45, 2.75) is 45.1 Å². The lowest BCUT2D eigenvalue weighted by atomic mass is 9.87. The van der Waals surface area contributed by atoms with Gasteiger partial charge in [-0.3, -0.25) is 9.78 Å². The van der Waals surface area contributed by atoms with Gasteiger partial charge in [-0.1, -0.05) is 32.1 Å². The number of amides is 1. The second kappa shape index (κ2) is 7.24. The van der Waals surface area contributed by atoms with Gasteiger partial charge >= 0.3 is 0 Å². The fraction of sp³-hybridized carbons (Fsp3) is 0.600. The van der Waals surface area contributed by atoms with Crippen LogP contribution in [-0.2, 0) is 6.54 Å². The first-order valence-corrected chi connectivity index (χ1v) is 7.23. The zero-order valence-corrected chi connectivity index (χ0v) is 11.4. The zero-order valence-electron chi connectivity index (χ0n) is 11.4. The Kier molecular flexibility index (Phi) is 5.33. The summed E-state index contributed by atoms with van der Waals surface area (Å²) in [7, 11) is 0. The minimum atomic E-state index is -0.0205. The maximum absolute atomic E-state index is 12.0. The van der Waals surface area contributed by atoms with E-state index in [1.54, 1.807) is 18.3 Å². The summed E-state index contributed by atoms with van der Waals surface area (Å²) in [4.78, 5) is 16.1. The van der Waals surface area contributed by atoms with E-state index in [-0.39, 0.29) is 5.91 Å². The molecular weight excluding hydrogens is 238 g/mol. The van der Waals surface area contributed by atoms with E-state index in [2.05, 4.69) is 10.3 Å². The Labute approximate surface area is 114 Å². The van der Waals surface area contributed by atoms with Gasteiger partial charge in [0, 0.05) is 24.8 Å². The van der Waals surface area contributed by atoms with E-state index < -0.39 is 0 Å².